The fourth-order valence-corrected chi connectivity index (χ4v) is 5.79. The lowest BCUT2D eigenvalue weighted by molar-refractivity contribution is -0.143. The molecule has 0 aliphatic carbocycles. The minimum Gasteiger partial charge on any atom is -0.344 e. The van der Waals surface area contributed by atoms with Crippen molar-refractivity contribution in [3.05, 3.63) is 71.8 Å². The van der Waals surface area contributed by atoms with Crippen molar-refractivity contribution in [2.45, 2.75) is 77.7 Å². The van der Waals surface area contributed by atoms with Crippen molar-refractivity contribution in [1.82, 2.24) is 15.7 Å². The van der Waals surface area contributed by atoms with Gasteiger partial charge in [-0.15, -0.1) is 0 Å². The van der Waals surface area contributed by atoms with Gasteiger partial charge in [0.25, 0.3) is 0 Å². The fraction of sp³-hybridized carbons (Fsp3) is 0.531. The van der Waals surface area contributed by atoms with E-state index >= 15 is 0 Å². The molecule has 212 valence electrons. The number of benzene rings is 2. The molecule has 2 aromatic rings. The minimum atomic E-state index is -0.642. The van der Waals surface area contributed by atoms with E-state index in [0.717, 1.165) is 19.3 Å². The third-order valence-corrected chi connectivity index (χ3v) is 7.78. The highest BCUT2D eigenvalue weighted by Crippen LogP contribution is 2.29. The lowest BCUT2D eigenvalue weighted by atomic mass is 9.81. The topological polar surface area (TPSA) is 98.7 Å². The van der Waals surface area contributed by atoms with Gasteiger partial charge < -0.3 is 10.2 Å². The highest BCUT2D eigenvalue weighted by Gasteiger charge is 2.36. The normalized spacial score (nSPS) is 17.5. The molecule has 7 nitrogen and oxygen atoms in total. The number of hydrogen-bond acceptors (Lipinski definition) is 4. The van der Waals surface area contributed by atoms with Crippen LogP contribution in [0.4, 0.5) is 0 Å². The Hall–Kier alpha value is -3.19. The van der Waals surface area contributed by atoms with E-state index in [2.05, 4.69) is 29.6 Å². The Morgan fingerprint density at radius 2 is 1.54 bits per heavy atom. The quantitative estimate of drug-likeness (QED) is 0.240. The summed E-state index contributed by atoms with van der Waals surface area (Å²) in [6, 6.07) is 20.1. The molecule has 3 atom stereocenters. The Kier molecular flexibility index (Phi) is 12.0. The Morgan fingerprint density at radius 3 is 2.08 bits per heavy atom. The average Bonchev–Trinajstić information content (AvgIpc) is 3.12. The Labute approximate surface area is 233 Å². The van der Waals surface area contributed by atoms with Gasteiger partial charge in [0.2, 0.25) is 17.7 Å². The molecule has 39 heavy (non-hydrogen) atoms. The summed E-state index contributed by atoms with van der Waals surface area (Å²) in [5.74, 6) is -1.78. The number of rotatable bonds is 13. The molecule has 7 heteroatoms. The van der Waals surface area contributed by atoms with E-state index in [1.165, 1.54) is 11.1 Å². The molecular formula is C32H45N3O4. The highest BCUT2D eigenvalue weighted by atomic mass is 16.5. The van der Waals surface area contributed by atoms with Crippen molar-refractivity contribution in [3.63, 3.8) is 0 Å². The summed E-state index contributed by atoms with van der Waals surface area (Å²) < 4.78 is 0. The number of hydroxylamine groups is 1. The molecule has 0 radical (unpaired) electrons. The molecule has 0 saturated carbocycles. The van der Waals surface area contributed by atoms with Crippen molar-refractivity contribution in [3.8, 4) is 0 Å². The van der Waals surface area contributed by atoms with Gasteiger partial charge in [0.05, 0.1) is 5.92 Å². The van der Waals surface area contributed by atoms with Crippen molar-refractivity contribution >= 4 is 17.7 Å². The monoisotopic (exact) mass is 535 g/mol. The minimum absolute atomic E-state index is 0.0531. The van der Waals surface area contributed by atoms with Gasteiger partial charge in [0.1, 0.15) is 6.04 Å². The molecular weight excluding hydrogens is 490 g/mol. The summed E-state index contributed by atoms with van der Waals surface area (Å²) in [5.41, 5.74) is 4.19. The van der Waals surface area contributed by atoms with Gasteiger partial charge in [-0.05, 0) is 55.6 Å². The summed E-state index contributed by atoms with van der Waals surface area (Å²) in [6.07, 6.45) is 4.80. The molecule has 1 aliphatic rings. The van der Waals surface area contributed by atoms with Crippen LogP contribution in [-0.4, -0.2) is 47.0 Å². The smallest absolute Gasteiger partial charge is 0.247 e. The van der Waals surface area contributed by atoms with Crippen molar-refractivity contribution in [1.29, 1.82) is 0 Å². The first-order valence-corrected chi connectivity index (χ1v) is 14.5. The van der Waals surface area contributed by atoms with Crippen LogP contribution < -0.4 is 10.8 Å². The van der Waals surface area contributed by atoms with Crippen LogP contribution in [0, 0.1) is 17.8 Å². The zero-order valence-corrected chi connectivity index (χ0v) is 23.6. The number of likely N-dealkylation sites (tertiary alicyclic amines) is 1. The van der Waals surface area contributed by atoms with Crippen LogP contribution in [0.5, 0.6) is 0 Å². The van der Waals surface area contributed by atoms with Crippen LogP contribution in [-0.2, 0) is 14.4 Å². The molecule has 3 amide bonds. The molecule has 0 aromatic heterocycles. The van der Waals surface area contributed by atoms with Gasteiger partial charge in [-0.3, -0.25) is 19.6 Å². The van der Waals surface area contributed by atoms with Crippen molar-refractivity contribution < 1.29 is 19.6 Å². The highest BCUT2D eigenvalue weighted by molar-refractivity contribution is 5.91. The molecule has 0 bridgehead atoms. The zero-order chi connectivity index (χ0) is 28.2. The predicted octanol–water partition coefficient (Wildman–Crippen LogP) is 5.29. The maximum absolute atomic E-state index is 13.7. The second-order valence-corrected chi connectivity index (χ2v) is 11.2. The van der Waals surface area contributed by atoms with Crippen LogP contribution in [0.2, 0.25) is 0 Å². The SMILES string of the molecule is CCC[C@H](C(=O)NO)C(CC(C)C)C(=O)N[C@H]1CCCCN(CCC(c2ccccc2)c2ccccc2)C1=O. The van der Waals surface area contributed by atoms with E-state index in [1.54, 1.807) is 5.48 Å². The Balaban J connectivity index is 1.74. The van der Waals surface area contributed by atoms with Crippen LogP contribution in [0.1, 0.15) is 82.8 Å². The Morgan fingerprint density at radius 1 is 0.923 bits per heavy atom. The van der Waals surface area contributed by atoms with Crippen LogP contribution in [0.3, 0.4) is 0 Å². The average molecular weight is 536 g/mol. The van der Waals surface area contributed by atoms with Gasteiger partial charge in [-0.25, -0.2) is 5.48 Å². The van der Waals surface area contributed by atoms with E-state index in [1.807, 2.05) is 62.1 Å². The number of hydrogen-bond donors (Lipinski definition) is 3. The molecule has 3 N–H and O–H groups in total. The fourth-order valence-electron chi connectivity index (χ4n) is 5.79. The molecule has 1 saturated heterocycles. The number of nitrogens with zero attached hydrogens (tertiary/aromatic N) is 1. The summed E-state index contributed by atoms with van der Waals surface area (Å²) in [4.78, 5) is 41.6. The standard InChI is InChI=1S/C32H45N3O4/c1-4-13-27(31(37)34-39)28(22-23(2)3)30(36)33-29-18-11-12-20-35(32(29)38)21-19-26(24-14-7-5-8-15-24)25-16-9-6-10-17-25/h5-10,14-17,23,26-29,39H,4,11-13,18-22H2,1-3H3,(H,33,36)(H,34,37)/t27-,28?,29-/m0/s1. The van der Waals surface area contributed by atoms with Crippen molar-refractivity contribution in [2.24, 2.45) is 17.8 Å². The van der Waals surface area contributed by atoms with E-state index in [0.29, 0.717) is 38.8 Å². The maximum atomic E-state index is 13.7. The zero-order valence-electron chi connectivity index (χ0n) is 23.6. The molecule has 2 aromatic carbocycles. The first kappa shape index (κ1) is 30.4. The first-order chi connectivity index (χ1) is 18.8. The molecule has 1 unspecified atom stereocenters. The largest absolute Gasteiger partial charge is 0.344 e. The molecule has 1 heterocycles. The maximum Gasteiger partial charge on any atom is 0.247 e. The van der Waals surface area contributed by atoms with E-state index in [9.17, 15) is 19.6 Å². The summed E-state index contributed by atoms with van der Waals surface area (Å²) in [7, 11) is 0. The lowest BCUT2D eigenvalue weighted by Gasteiger charge is -2.30. The second kappa shape index (κ2) is 15.4. The summed E-state index contributed by atoms with van der Waals surface area (Å²) in [5, 5.41) is 12.3. The number of amides is 3. The molecule has 1 aliphatic heterocycles. The van der Waals surface area contributed by atoms with Crippen LogP contribution in [0.15, 0.2) is 60.7 Å². The van der Waals surface area contributed by atoms with Gasteiger partial charge in [0.15, 0.2) is 0 Å². The number of carbonyl (C=O) groups excluding carboxylic acids is 3. The van der Waals surface area contributed by atoms with E-state index < -0.39 is 23.8 Å². The van der Waals surface area contributed by atoms with Gasteiger partial charge in [-0.1, -0.05) is 87.9 Å². The van der Waals surface area contributed by atoms with Crippen LogP contribution in [0.25, 0.3) is 0 Å². The third kappa shape index (κ3) is 8.65. The third-order valence-electron chi connectivity index (χ3n) is 7.78. The molecule has 3 rings (SSSR count). The van der Waals surface area contributed by atoms with Crippen LogP contribution >= 0.6 is 0 Å². The van der Waals surface area contributed by atoms with E-state index in [-0.39, 0.29) is 23.7 Å². The number of carbonyl (C=O) groups is 3. The second-order valence-electron chi connectivity index (χ2n) is 11.2. The summed E-state index contributed by atoms with van der Waals surface area (Å²) in [6.45, 7) is 7.23. The Bertz CT molecular complexity index is 1000. The van der Waals surface area contributed by atoms with Gasteiger partial charge in [-0.2, -0.15) is 0 Å². The van der Waals surface area contributed by atoms with Gasteiger partial charge in [0, 0.05) is 24.9 Å². The summed E-state index contributed by atoms with van der Waals surface area (Å²) >= 11 is 0. The predicted molar refractivity (Wildman–Crippen MR) is 153 cm³/mol. The molecule has 1 fully saturated rings. The lowest BCUT2D eigenvalue weighted by Crippen LogP contribution is -2.51. The number of nitrogens with one attached hydrogen (secondary N) is 2. The van der Waals surface area contributed by atoms with Gasteiger partial charge >= 0.3 is 0 Å². The van der Waals surface area contributed by atoms with E-state index in [4.69, 9.17) is 0 Å². The first-order valence-electron chi connectivity index (χ1n) is 14.5. The van der Waals surface area contributed by atoms with Crippen molar-refractivity contribution in [2.75, 3.05) is 13.1 Å². The molecule has 0 spiro atoms.